The number of aromatic nitrogens is 1. The molecular formula is C18H30ClN3O2. The smallest absolute Gasteiger partial charge is 0.242 e. The second-order valence-electron chi connectivity index (χ2n) is 6.95. The number of amides is 2. The molecule has 0 aliphatic heterocycles. The first-order valence-electron chi connectivity index (χ1n) is 8.46. The zero-order valence-corrected chi connectivity index (χ0v) is 16.4. The molecule has 1 unspecified atom stereocenters. The highest BCUT2D eigenvalue weighted by Gasteiger charge is 2.26. The fourth-order valence-electron chi connectivity index (χ4n) is 2.54. The SMILES string of the molecule is CC(C)CN(Cc1cccn1C)C(=O)CN(C(=O)C(C)Cl)C(C)C. The Kier molecular flexibility index (Phi) is 7.80. The minimum absolute atomic E-state index is 0.0516. The summed E-state index contributed by atoms with van der Waals surface area (Å²) in [6.45, 7) is 10.8. The molecule has 0 aromatic carbocycles. The van der Waals surface area contributed by atoms with Crippen molar-refractivity contribution in [1.82, 2.24) is 14.4 Å². The number of hydrogen-bond acceptors (Lipinski definition) is 2. The zero-order chi connectivity index (χ0) is 18.4. The first-order chi connectivity index (χ1) is 11.1. The summed E-state index contributed by atoms with van der Waals surface area (Å²) in [5.74, 6) is 0.0945. The van der Waals surface area contributed by atoms with Crippen LogP contribution in [0.4, 0.5) is 0 Å². The Morgan fingerprint density at radius 3 is 2.25 bits per heavy atom. The standard InChI is InChI=1S/C18H30ClN3O2/c1-13(2)10-21(11-16-8-7-9-20(16)6)17(23)12-22(14(3)4)18(24)15(5)19/h7-9,13-15H,10-12H2,1-6H3. The predicted octanol–water partition coefficient (Wildman–Crippen LogP) is 2.87. The van der Waals surface area contributed by atoms with E-state index in [-0.39, 0.29) is 24.4 Å². The number of carbonyl (C=O) groups is 2. The molecule has 0 N–H and O–H groups in total. The van der Waals surface area contributed by atoms with Gasteiger partial charge in [-0.3, -0.25) is 9.59 Å². The molecule has 1 aromatic rings. The van der Waals surface area contributed by atoms with Crippen LogP contribution in [0.5, 0.6) is 0 Å². The lowest BCUT2D eigenvalue weighted by Crippen LogP contribution is -2.48. The van der Waals surface area contributed by atoms with Crippen molar-refractivity contribution in [3.05, 3.63) is 24.0 Å². The normalized spacial score (nSPS) is 12.5. The summed E-state index contributed by atoms with van der Waals surface area (Å²) in [6.07, 6.45) is 1.96. The molecule has 24 heavy (non-hydrogen) atoms. The van der Waals surface area contributed by atoms with E-state index < -0.39 is 5.38 Å². The summed E-state index contributed by atoms with van der Waals surface area (Å²) in [6, 6.07) is 3.90. The molecule has 0 bridgehead atoms. The zero-order valence-electron chi connectivity index (χ0n) is 15.6. The van der Waals surface area contributed by atoms with Crippen LogP contribution in [0, 0.1) is 5.92 Å². The van der Waals surface area contributed by atoms with Crippen LogP contribution in [0.2, 0.25) is 0 Å². The van der Waals surface area contributed by atoms with E-state index in [2.05, 4.69) is 13.8 Å². The molecule has 0 saturated heterocycles. The minimum atomic E-state index is -0.633. The lowest BCUT2D eigenvalue weighted by atomic mass is 10.2. The summed E-state index contributed by atoms with van der Waals surface area (Å²) in [4.78, 5) is 28.5. The van der Waals surface area contributed by atoms with Crippen molar-refractivity contribution in [3.8, 4) is 0 Å². The van der Waals surface area contributed by atoms with Crippen molar-refractivity contribution < 1.29 is 9.59 Å². The highest BCUT2D eigenvalue weighted by molar-refractivity contribution is 6.30. The van der Waals surface area contributed by atoms with Crippen LogP contribution < -0.4 is 0 Å². The maximum Gasteiger partial charge on any atom is 0.242 e. The van der Waals surface area contributed by atoms with E-state index in [0.717, 1.165) is 5.69 Å². The van der Waals surface area contributed by atoms with Crippen LogP contribution in [-0.2, 0) is 23.2 Å². The molecule has 1 aromatic heterocycles. The van der Waals surface area contributed by atoms with E-state index >= 15 is 0 Å². The second-order valence-corrected chi connectivity index (χ2v) is 7.61. The van der Waals surface area contributed by atoms with Gasteiger partial charge in [-0.1, -0.05) is 13.8 Å². The maximum atomic E-state index is 12.8. The molecule has 0 spiro atoms. The summed E-state index contributed by atoms with van der Waals surface area (Å²) in [7, 11) is 1.96. The molecule has 1 heterocycles. The molecular weight excluding hydrogens is 326 g/mol. The molecule has 136 valence electrons. The lowest BCUT2D eigenvalue weighted by molar-refractivity contribution is -0.142. The molecule has 2 amide bonds. The fourth-order valence-corrected chi connectivity index (χ4v) is 2.67. The molecule has 0 aliphatic rings. The third kappa shape index (κ3) is 5.86. The second kappa shape index (κ2) is 9.11. The van der Waals surface area contributed by atoms with Crippen molar-refractivity contribution in [2.24, 2.45) is 13.0 Å². The number of halogens is 1. The van der Waals surface area contributed by atoms with Gasteiger partial charge in [0.25, 0.3) is 0 Å². The first-order valence-corrected chi connectivity index (χ1v) is 8.89. The van der Waals surface area contributed by atoms with E-state index in [1.165, 1.54) is 0 Å². The van der Waals surface area contributed by atoms with Gasteiger partial charge in [0.2, 0.25) is 11.8 Å². The van der Waals surface area contributed by atoms with Crippen LogP contribution in [0.1, 0.15) is 40.3 Å². The number of carbonyl (C=O) groups excluding carboxylic acids is 2. The van der Waals surface area contributed by atoms with Gasteiger partial charge in [-0.25, -0.2) is 0 Å². The van der Waals surface area contributed by atoms with Gasteiger partial charge in [0, 0.05) is 31.5 Å². The van der Waals surface area contributed by atoms with Crippen LogP contribution in [0.3, 0.4) is 0 Å². The van der Waals surface area contributed by atoms with Gasteiger partial charge in [0.1, 0.15) is 11.9 Å². The molecule has 5 nitrogen and oxygen atoms in total. The third-order valence-corrected chi connectivity index (χ3v) is 4.08. The summed E-state index contributed by atoms with van der Waals surface area (Å²) >= 11 is 5.93. The van der Waals surface area contributed by atoms with E-state index in [4.69, 9.17) is 11.6 Å². The molecule has 0 saturated carbocycles. The number of rotatable bonds is 8. The highest BCUT2D eigenvalue weighted by atomic mass is 35.5. The van der Waals surface area contributed by atoms with Crippen molar-refractivity contribution >= 4 is 23.4 Å². The number of aryl methyl sites for hydroxylation is 1. The quantitative estimate of drug-likeness (QED) is 0.673. The van der Waals surface area contributed by atoms with Crippen LogP contribution in [0.25, 0.3) is 0 Å². The highest BCUT2D eigenvalue weighted by Crippen LogP contribution is 2.12. The van der Waals surface area contributed by atoms with Crippen LogP contribution in [-0.4, -0.2) is 50.7 Å². The molecule has 6 heteroatoms. The lowest BCUT2D eigenvalue weighted by Gasteiger charge is -2.31. The monoisotopic (exact) mass is 355 g/mol. The molecule has 0 fully saturated rings. The predicted molar refractivity (Wildman–Crippen MR) is 97.8 cm³/mol. The number of nitrogens with zero attached hydrogens (tertiary/aromatic N) is 3. The fraction of sp³-hybridized carbons (Fsp3) is 0.667. The van der Waals surface area contributed by atoms with Gasteiger partial charge < -0.3 is 14.4 Å². The van der Waals surface area contributed by atoms with Gasteiger partial charge in [0.15, 0.2) is 0 Å². The maximum absolute atomic E-state index is 12.8. The van der Waals surface area contributed by atoms with Gasteiger partial charge >= 0.3 is 0 Å². The Balaban J connectivity index is 2.90. The van der Waals surface area contributed by atoms with Crippen molar-refractivity contribution in [3.63, 3.8) is 0 Å². The number of hydrogen-bond donors (Lipinski definition) is 0. The largest absolute Gasteiger partial charge is 0.353 e. The first kappa shape index (κ1) is 20.6. The molecule has 0 radical (unpaired) electrons. The third-order valence-electron chi connectivity index (χ3n) is 3.89. The molecule has 0 aliphatic carbocycles. The van der Waals surface area contributed by atoms with E-state index in [0.29, 0.717) is 19.0 Å². The minimum Gasteiger partial charge on any atom is -0.353 e. The van der Waals surface area contributed by atoms with Gasteiger partial charge in [0.05, 0.1) is 6.54 Å². The van der Waals surface area contributed by atoms with E-state index in [9.17, 15) is 9.59 Å². The summed E-state index contributed by atoms with van der Waals surface area (Å²) < 4.78 is 2.01. The average Bonchev–Trinajstić information content (AvgIpc) is 2.87. The van der Waals surface area contributed by atoms with E-state index in [1.54, 1.807) is 11.8 Å². The van der Waals surface area contributed by atoms with E-state index in [1.807, 2.05) is 48.7 Å². The molecule has 1 atom stereocenters. The Bertz CT molecular complexity index is 552. The van der Waals surface area contributed by atoms with Gasteiger partial charge in [-0.2, -0.15) is 0 Å². The van der Waals surface area contributed by atoms with Gasteiger partial charge in [-0.05, 0) is 38.8 Å². The van der Waals surface area contributed by atoms with Gasteiger partial charge in [-0.15, -0.1) is 11.6 Å². The van der Waals surface area contributed by atoms with Crippen molar-refractivity contribution in [2.45, 2.75) is 52.6 Å². The Labute approximate surface area is 150 Å². The average molecular weight is 356 g/mol. The topological polar surface area (TPSA) is 45.6 Å². The molecule has 1 rings (SSSR count). The Hall–Kier alpha value is -1.49. The Morgan fingerprint density at radius 1 is 1.21 bits per heavy atom. The summed E-state index contributed by atoms with van der Waals surface area (Å²) in [5, 5.41) is -0.633. The van der Waals surface area contributed by atoms with Crippen LogP contribution in [0.15, 0.2) is 18.3 Å². The van der Waals surface area contributed by atoms with Crippen molar-refractivity contribution in [2.75, 3.05) is 13.1 Å². The number of alkyl halides is 1. The summed E-state index contributed by atoms with van der Waals surface area (Å²) in [5.41, 5.74) is 1.07. The van der Waals surface area contributed by atoms with Crippen molar-refractivity contribution in [1.29, 1.82) is 0 Å². The van der Waals surface area contributed by atoms with Crippen LogP contribution >= 0.6 is 11.6 Å². The Morgan fingerprint density at radius 2 is 1.83 bits per heavy atom.